The number of amides is 1. The molecule has 0 aliphatic rings. The molecule has 26 heavy (non-hydrogen) atoms. The van der Waals surface area contributed by atoms with Crippen LogP contribution >= 0.6 is 11.8 Å². The van der Waals surface area contributed by atoms with Crippen LogP contribution in [-0.2, 0) is 4.79 Å². The number of pyridine rings is 1. The van der Waals surface area contributed by atoms with Gasteiger partial charge in [-0.25, -0.2) is 9.97 Å². The van der Waals surface area contributed by atoms with Crippen LogP contribution < -0.4 is 20.5 Å². The molecule has 1 amide bonds. The Labute approximate surface area is 152 Å². The predicted molar refractivity (Wildman–Crippen MR) is 97.4 cm³/mol. The van der Waals surface area contributed by atoms with E-state index in [2.05, 4.69) is 30.2 Å². The van der Waals surface area contributed by atoms with E-state index in [-0.39, 0.29) is 17.7 Å². The van der Waals surface area contributed by atoms with Crippen molar-refractivity contribution in [1.82, 2.24) is 24.9 Å². The van der Waals surface area contributed by atoms with Gasteiger partial charge in [-0.05, 0) is 19.1 Å². The quantitative estimate of drug-likeness (QED) is 0.431. The third-order valence-electron chi connectivity index (χ3n) is 3.42. The maximum Gasteiger partial charge on any atom is 0.258 e. The van der Waals surface area contributed by atoms with Crippen molar-refractivity contribution in [2.45, 2.75) is 17.2 Å². The number of fused-ring (bicyclic) bond motifs is 1. The highest BCUT2D eigenvalue weighted by Gasteiger charge is 2.19. The fourth-order valence-corrected chi connectivity index (χ4v) is 3.07. The number of rotatable bonds is 6. The predicted octanol–water partition coefficient (Wildman–Crippen LogP) is 1.47. The lowest BCUT2D eigenvalue weighted by Gasteiger charge is -2.13. The SMILES string of the molecule is COc1ccc(NC(=O)[C@@H](C)Sc2nc(N)nc3nc[nH]c23)nc1OC. The van der Waals surface area contributed by atoms with E-state index in [4.69, 9.17) is 15.2 Å². The number of methoxy groups -OCH3 is 2. The smallest absolute Gasteiger partial charge is 0.258 e. The van der Waals surface area contributed by atoms with Crippen LogP contribution in [0.5, 0.6) is 11.6 Å². The summed E-state index contributed by atoms with van der Waals surface area (Å²) >= 11 is 1.24. The lowest BCUT2D eigenvalue weighted by molar-refractivity contribution is -0.115. The van der Waals surface area contributed by atoms with E-state index in [1.807, 2.05) is 0 Å². The molecule has 4 N–H and O–H groups in total. The van der Waals surface area contributed by atoms with Crippen molar-refractivity contribution in [1.29, 1.82) is 0 Å². The zero-order valence-electron chi connectivity index (χ0n) is 14.3. The molecule has 0 saturated carbocycles. The van der Waals surface area contributed by atoms with E-state index < -0.39 is 5.25 Å². The van der Waals surface area contributed by atoms with Crippen LogP contribution in [0.2, 0.25) is 0 Å². The normalized spacial score (nSPS) is 12.0. The van der Waals surface area contributed by atoms with Gasteiger partial charge in [0, 0.05) is 0 Å². The van der Waals surface area contributed by atoms with Crippen molar-refractivity contribution >= 4 is 40.6 Å². The van der Waals surface area contributed by atoms with E-state index in [1.165, 1.54) is 32.3 Å². The van der Waals surface area contributed by atoms with Gasteiger partial charge >= 0.3 is 0 Å². The minimum Gasteiger partial charge on any atom is -0.491 e. The van der Waals surface area contributed by atoms with E-state index in [0.29, 0.717) is 27.8 Å². The zero-order chi connectivity index (χ0) is 18.7. The largest absolute Gasteiger partial charge is 0.491 e. The number of aromatic nitrogens is 5. The molecule has 3 aromatic heterocycles. The third-order valence-corrected chi connectivity index (χ3v) is 4.50. The number of H-pyrrole nitrogens is 1. The van der Waals surface area contributed by atoms with Gasteiger partial charge in [0.2, 0.25) is 11.9 Å². The lowest BCUT2D eigenvalue weighted by Crippen LogP contribution is -2.23. The molecule has 0 bridgehead atoms. The number of imidazole rings is 1. The summed E-state index contributed by atoms with van der Waals surface area (Å²) in [5.74, 6) is 0.967. The third kappa shape index (κ3) is 3.61. The van der Waals surface area contributed by atoms with E-state index >= 15 is 0 Å². The molecule has 1 atom stereocenters. The number of carbonyl (C=O) groups excluding carboxylic acids is 1. The number of carbonyl (C=O) groups is 1. The second kappa shape index (κ2) is 7.44. The van der Waals surface area contributed by atoms with E-state index in [0.717, 1.165) is 0 Å². The number of hydrogen-bond donors (Lipinski definition) is 3. The van der Waals surface area contributed by atoms with Gasteiger partial charge in [-0.3, -0.25) is 4.79 Å². The molecular weight excluding hydrogens is 358 g/mol. The topological polar surface area (TPSA) is 141 Å². The van der Waals surface area contributed by atoms with Crippen molar-refractivity contribution in [2.24, 2.45) is 0 Å². The average Bonchev–Trinajstić information content (AvgIpc) is 3.09. The molecule has 3 heterocycles. The Hall–Kier alpha value is -3.08. The van der Waals surface area contributed by atoms with Gasteiger partial charge < -0.3 is 25.5 Å². The number of hydrogen-bond acceptors (Lipinski definition) is 9. The van der Waals surface area contributed by atoms with Crippen LogP contribution in [0.15, 0.2) is 23.5 Å². The molecule has 0 aromatic carbocycles. The zero-order valence-corrected chi connectivity index (χ0v) is 15.1. The van der Waals surface area contributed by atoms with Gasteiger partial charge in [-0.2, -0.15) is 9.97 Å². The summed E-state index contributed by atoms with van der Waals surface area (Å²) in [5.41, 5.74) is 6.78. The van der Waals surface area contributed by atoms with Gasteiger partial charge in [0.05, 0.1) is 25.8 Å². The van der Waals surface area contributed by atoms with Crippen molar-refractivity contribution in [3.8, 4) is 11.6 Å². The van der Waals surface area contributed by atoms with E-state index in [1.54, 1.807) is 19.1 Å². The molecule has 0 aliphatic carbocycles. The molecule has 3 rings (SSSR count). The van der Waals surface area contributed by atoms with Crippen LogP contribution in [0.1, 0.15) is 6.92 Å². The molecule has 0 radical (unpaired) electrons. The maximum absolute atomic E-state index is 12.5. The Morgan fingerprint density at radius 3 is 2.81 bits per heavy atom. The lowest BCUT2D eigenvalue weighted by atomic mass is 10.4. The Bertz CT molecular complexity index is 946. The summed E-state index contributed by atoms with van der Waals surface area (Å²) in [6.07, 6.45) is 1.50. The Morgan fingerprint density at radius 2 is 2.08 bits per heavy atom. The summed E-state index contributed by atoms with van der Waals surface area (Å²) in [6, 6.07) is 3.30. The average molecular weight is 375 g/mol. The van der Waals surface area contributed by atoms with Gasteiger partial charge in [0.15, 0.2) is 11.4 Å². The highest BCUT2D eigenvalue weighted by molar-refractivity contribution is 8.00. The molecule has 136 valence electrons. The number of nitrogens with zero attached hydrogens (tertiary/aromatic N) is 4. The maximum atomic E-state index is 12.5. The van der Waals surface area contributed by atoms with Crippen LogP contribution in [0, 0.1) is 0 Å². The van der Waals surface area contributed by atoms with Gasteiger partial charge in [0.1, 0.15) is 16.4 Å². The number of ether oxygens (including phenoxy) is 2. The molecule has 0 aliphatic heterocycles. The minimum atomic E-state index is -0.467. The van der Waals surface area contributed by atoms with Crippen molar-refractivity contribution in [2.75, 3.05) is 25.3 Å². The standard InChI is InChI=1S/C15H17N7O3S/c1-7(26-14-10-11(18-6-17-10)21-15(16)22-14)12(23)19-9-5-4-8(24-2)13(20-9)25-3/h4-7H,1-3H3,(H,19,20,23)(H3,16,17,18,21,22)/t7-/m1/s1. The van der Waals surface area contributed by atoms with E-state index in [9.17, 15) is 4.79 Å². The Balaban J connectivity index is 1.74. The minimum absolute atomic E-state index is 0.0984. The summed E-state index contributed by atoms with van der Waals surface area (Å²) in [7, 11) is 2.99. The molecular formula is C15H17N7O3S. The molecule has 3 aromatic rings. The molecule has 0 saturated heterocycles. The summed E-state index contributed by atoms with van der Waals surface area (Å²) in [6.45, 7) is 1.75. The highest BCUT2D eigenvalue weighted by Crippen LogP contribution is 2.29. The highest BCUT2D eigenvalue weighted by atomic mass is 32.2. The second-order valence-corrected chi connectivity index (χ2v) is 6.47. The van der Waals surface area contributed by atoms with Crippen molar-refractivity contribution < 1.29 is 14.3 Å². The summed E-state index contributed by atoms with van der Waals surface area (Å²) < 4.78 is 10.3. The number of aromatic amines is 1. The number of nitrogen functional groups attached to an aromatic ring is 1. The Morgan fingerprint density at radius 1 is 1.27 bits per heavy atom. The monoisotopic (exact) mass is 375 g/mol. The Kier molecular flexibility index (Phi) is 5.07. The van der Waals surface area contributed by atoms with Crippen LogP contribution in [0.3, 0.4) is 0 Å². The van der Waals surface area contributed by atoms with Gasteiger partial charge in [-0.1, -0.05) is 11.8 Å². The molecule has 0 unspecified atom stereocenters. The first-order valence-electron chi connectivity index (χ1n) is 7.55. The number of thioether (sulfide) groups is 1. The number of nitrogens with two attached hydrogens (primary N) is 1. The van der Waals surface area contributed by atoms with Crippen LogP contribution in [0.25, 0.3) is 11.2 Å². The molecule has 10 nitrogen and oxygen atoms in total. The van der Waals surface area contributed by atoms with Gasteiger partial charge in [-0.15, -0.1) is 0 Å². The first-order chi connectivity index (χ1) is 12.5. The van der Waals surface area contributed by atoms with Crippen molar-refractivity contribution in [3.05, 3.63) is 18.5 Å². The molecule has 0 fully saturated rings. The molecule has 11 heteroatoms. The van der Waals surface area contributed by atoms with Gasteiger partial charge in [0.25, 0.3) is 5.88 Å². The number of nitrogens with one attached hydrogen (secondary N) is 2. The number of anilines is 2. The second-order valence-electron chi connectivity index (χ2n) is 5.15. The fraction of sp³-hybridized carbons (Fsp3) is 0.267. The fourth-order valence-electron chi connectivity index (χ4n) is 2.16. The first-order valence-corrected chi connectivity index (χ1v) is 8.43. The summed E-state index contributed by atoms with van der Waals surface area (Å²) in [5, 5.41) is 2.82. The van der Waals surface area contributed by atoms with Crippen LogP contribution in [-0.4, -0.2) is 50.3 Å². The summed E-state index contributed by atoms with van der Waals surface area (Å²) in [4.78, 5) is 31.9. The molecule has 0 spiro atoms. The van der Waals surface area contributed by atoms with Crippen molar-refractivity contribution in [3.63, 3.8) is 0 Å². The van der Waals surface area contributed by atoms with Crippen LogP contribution in [0.4, 0.5) is 11.8 Å². The first kappa shape index (κ1) is 17.7.